The van der Waals surface area contributed by atoms with Crippen LogP contribution in [0.4, 0.5) is 26.3 Å². The Morgan fingerprint density at radius 1 is 1.16 bits per heavy atom. The van der Waals surface area contributed by atoms with Gasteiger partial charge in [-0.25, -0.2) is 17.6 Å². The fourth-order valence-electron chi connectivity index (χ4n) is 2.40. The molecule has 0 atom stereocenters. The Bertz CT molecular complexity index is 1080. The van der Waals surface area contributed by atoms with Crippen molar-refractivity contribution < 1.29 is 35.5 Å². The molecule has 0 amide bonds. The highest BCUT2D eigenvalue weighted by Gasteiger charge is 2.22. The van der Waals surface area contributed by atoms with E-state index >= 15 is 0 Å². The van der Waals surface area contributed by atoms with Crippen molar-refractivity contribution in [2.45, 2.75) is 38.0 Å². The molecule has 32 heavy (non-hydrogen) atoms. The lowest BCUT2D eigenvalue weighted by Crippen LogP contribution is -2.03. The number of hydrogen-bond acceptors (Lipinski definition) is 6. The van der Waals surface area contributed by atoms with Crippen molar-refractivity contribution in [3.8, 4) is 5.75 Å². The SMILES string of the molecule is CCCCSc1nnc(C(F)F)n1N=Cc1ccc(COc2c(F)c(F)cc(F)c2F)o1. The zero-order chi connectivity index (χ0) is 23.3. The van der Waals surface area contributed by atoms with E-state index in [1.165, 1.54) is 23.9 Å². The number of thioether (sulfide) groups is 1. The van der Waals surface area contributed by atoms with E-state index in [0.29, 0.717) is 5.75 Å². The molecule has 2 aromatic heterocycles. The normalized spacial score (nSPS) is 11.8. The molecule has 0 aliphatic heterocycles. The second kappa shape index (κ2) is 10.6. The molecule has 0 radical (unpaired) electrons. The van der Waals surface area contributed by atoms with Gasteiger partial charge in [-0.1, -0.05) is 25.1 Å². The maximum atomic E-state index is 13.6. The van der Waals surface area contributed by atoms with Gasteiger partial charge in [0.2, 0.25) is 22.6 Å². The average Bonchev–Trinajstić information content (AvgIpc) is 3.38. The fraction of sp³-hybridized carbons (Fsp3) is 0.316. The summed E-state index contributed by atoms with van der Waals surface area (Å²) < 4.78 is 91.1. The van der Waals surface area contributed by atoms with Crippen molar-refractivity contribution in [3.05, 3.63) is 58.8 Å². The minimum atomic E-state index is -2.91. The number of nitrogens with zero attached hydrogens (tertiary/aromatic N) is 4. The molecule has 0 spiro atoms. The smallest absolute Gasteiger partial charge is 0.299 e. The van der Waals surface area contributed by atoms with Gasteiger partial charge in [-0.2, -0.15) is 18.6 Å². The van der Waals surface area contributed by atoms with Gasteiger partial charge in [-0.05, 0) is 18.6 Å². The third kappa shape index (κ3) is 5.44. The molecule has 0 aliphatic carbocycles. The number of furan rings is 1. The highest BCUT2D eigenvalue weighted by atomic mass is 32.2. The molecule has 1 aromatic carbocycles. The Morgan fingerprint density at radius 3 is 2.53 bits per heavy atom. The molecule has 3 aromatic rings. The van der Waals surface area contributed by atoms with Crippen molar-refractivity contribution in [1.29, 1.82) is 0 Å². The van der Waals surface area contributed by atoms with Gasteiger partial charge in [-0.3, -0.25) is 0 Å². The van der Waals surface area contributed by atoms with E-state index in [9.17, 15) is 26.3 Å². The molecular formula is C19H16F6N4O2S. The molecule has 0 fully saturated rings. The molecule has 0 saturated carbocycles. The lowest BCUT2D eigenvalue weighted by molar-refractivity contribution is 0.135. The second-order valence-electron chi connectivity index (χ2n) is 6.29. The first-order valence-corrected chi connectivity index (χ1v) is 10.3. The summed E-state index contributed by atoms with van der Waals surface area (Å²) in [7, 11) is 0. The Hall–Kier alpha value is -2.96. The minimum Gasteiger partial charge on any atom is -0.479 e. The van der Waals surface area contributed by atoms with Crippen LogP contribution in [-0.4, -0.2) is 26.8 Å². The number of rotatable bonds is 10. The van der Waals surface area contributed by atoms with E-state index in [4.69, 9.17) is 9.15 Å². The van der Waals surface area contributed by atoms with Gasteiger partial charge in [0.1, 0.15) is 18.1 Å². The number of hydrogen-bond donors (Lipinski definition) is 0. The van der Waals surface area contributed by atoms with Gasteiger partial charge in [0.05, 0.1) is 6.21 Å². The molecule has 6 nitrogen and oxygen atoms in total. The maximum absolute atomic E-state index is 13.6. The Morgan fingerprint density at radius 2 is 1.88 bits per heavy atom. The molecule has 172 valence electrons. The van der Waals surface area contributed by atoms with E-state index in [2.05, 4.69) is 15.3 Å². The monoisotopic (exact) mass is 478 g/mol. The summed E-state index contributed by atoms with van der Waals surface area (Å²) in [4.78, 5) is 0. The topological polar surface area (TPSA) is 65.4 Å². The summed E-state index contributed by atoms with van der Waals surface area (Å²) in [6.07, 6.45) is -0.0222. The Balaban J connectivity index is 1.73. The van der Waals surface area contributed by atoms with Crippen LogP contribution in [0.5, 0.6) is 5.75 Å². The van der Waals surface area contributed by atoms with E-state index in [1.54, 1.807) is 0 Å². The van der Waals surface area contributed by atoms with Crippen molar-refractivity contribution in [2.75, 3.05) is 5.75 Å². The third-order valence-corrected chi connectivity index (χ3v) is 4.98. The van der Waals surface area contributed by atoms with Crippen molar-refractivity contribution in [3.63, 3.8) is 0 Å². The summed E-state index contributed by atoms with van der Waals surface area (Å²) in [5, 5.41) is 11.3. The number of halogens is 6. The second-order valence-corrected chi connectivity index (χ2v) is 7.35. The molecule has 0 aliphatic rings. The van der Waals surface area contributed by atoms with Gasteiger partial charge in [-0.15, -0.1) is 10.2 Å². The van der Waals surface area contributed by atoms with Crippen LogP contribution < -0.4 is 4.74 Å². The molecule has 3 rings (SSSR count). The number of ether oxygens (including phenoxy) is 1. The van der Waals surface area contributed by atoms with Crippen molar-refractivity contribution >= 4 is 18.0 Å². The van der Waals surface area contributed by atoms with E-state index in [0.717, 1.165) is 23.7 Å². The molecule has 0 unspecified atom stereocenters. The largest absolute Gasteiger partial charge is 0.479 e. The van der Waals surface area contributed by atoms with Gasteiger partial charge < -0.3 is 9.15 Å². The molecule has 0 bridgehead atoms. The van der Waals surface area contributed by atoms with Crippen LogP contribution >= 0.6 is 11.8 Å². The van der Waals surface area contributed by atoms with Gasteiger partial charge in [0.15, 0.2) is 17.4 Å². The zero-order valence-electron chi connectivity index (χ0n) is 16.5. The quantitative estimate of drug-likeness (QED) is 0.123. The molecule has 0 saturated heterocycles. The Labute approximate surface area is 182 Å². The number of unbranched alkanes of at least 4 members (excludes halogenated alkanes) is 1. The fourth-order valence-corrected chi connectivity index (χ4v) is 3.37. The summed E-state index contributed by atoms with van der Waals surface area (Å²) >= 11 is 1.22. The van der Waals surface area contributed by atoms with E-state index in [1.807, 2.05) is 6.92 Å². The first-order chi connectivity index (χ1) is 15.3. The van der Waals surface area contributed by atoms with Crippen molar-refractivity contribution in [1.82, 2.24) is 14.9 Å². The first-order valence-electron chi connectivity index (χ1n) is 9.26. The lowest BCUT2D eigenvalue weighted by Gasteiger charge is -2.08. The zero-order valence-corrected chi connectivity index (χ0v) is 17.3. The average molecular weight is 478 g/mol. The summed E-state index contributed by atoms with van der Waals surface area (Å²) in [5.41, 5.74) is 0. The van der Waals surface area contributed by atoms with Gasteiger partial charge in [0, 0.05) is 11.8 Å². The maximum Gasteiger partial charge on any atom is 0.299 e. The van der Waals surface area contributed by atoms with E-state index in [-0.39, 0.29) is 22.7 Å². The van der Waals surface area contributed by atoms with Crippen LogP contribution in [0.25, 0.3) is 0 Å². The van der Waals surface area contributed by atoms with Crippen molar-refractivity contribution in [2.24, 2.45) is 5.10 Å². The lowest BCUT2D eigenvalue weighted by atomic mass is 10.3. The molecule has 0 N–H and O–H groups in total. The standard InChI is InChI=1S/C19H16F6N4O2S/c1-2-3-6-32-19-28-27-18(17(24)25)29(19)26-8-10-4-5-11(31-10)9-30-16-14(22)12(20)7-13(21)15(16)23/h4-5,7-8,17H,2-3,6,9H2,1H3. The summed E-state index contributed by atoms with van der Waals surface area (Å²) in [6.45, 7) is 1.43. The number of aromatic nitrogens is 3. The highest BCUT2D eigenvalue weighted by molar-refractivity contribution is 7.99. The van der Waals surface area contributed by atoms with Crippen LogP contribution in [0.15, 0.2) is 32.9 Å². The third-order valence-electron chi connectivity index (χ3n) is 3.97. The summed E-state index contributed by atoms with van der Waals surface area (Å²) in [6, 6.07) is 2.80. The summed E-state index contributed by atoms with van der Waals surface area (Å²) in [5.74, 6) is -7.69. The molecule has 13 heteroatoms. The van der Waals surface area contributed by atoms with Crippen LogP contribution in [0.1, 0.15) is 43.5 Å². The van der Waals surface area contributed by atoms with Crippen LogP contribution in [0.3, 0.4) is 0 Å². The van der Waals surface area contributed by atoms with E-state index < -0.39 is 47.9 Å². The van der Waals surface area contributed by atoms with Gasteiger partial charge in [0.25, 0.3) is 6.43 Å². The first kappa shape index (κ1) is 23.7. The Kier molecular flexibility index (Phi) is 7.83. The van der Waals surface area contributed by atoms with Crippen LogP contribution in [-0.2, 0) is 6.61 Å². The number of benzene rings is 1. The molecule has 2 heterocycles. The molecular weight excluding hydrogens is 462 g/mol. The van der Waals surface area contributed by atoms with Gasteiger partial charge >= 0.3 is 0 Å². The number of alkyl halides is 2. The highest BCUT2D eigenvalue weighted by Crippen LogP contribution is 2.27. The van der Waals surface area contributed by atoms with Crippen LogP contribution in [0.2, 0.25) is 0 Å². The predicted molar refractivity (Wildman–Crippen MR) is 103 cm³/mol. The minimum absolute atomic E-state index is 0.0327. The van der Waals surface area contributed by atoms with Crippen LogP contribution in [0, 0.1) is 23.3 Å². The predicted octanol–water partition coefficient (Wildman–Crippen LogP) is 5.72.